The fraction of sp³-hybridized carbons (Fsp3) is 0.238. The Morgan fingerprint density at radius 3 is 2.63 bits per heavy atom. The fourth-order valence-electron chi connectivity index (χ4n) is 2.99. The van der Waals surface area contributed by atoms with E-state index >= 15 is 0 Å². The highest BCUT2D eigenvalue weighted by Gasteiger charge is 2.40. The fourth-order valence-corrected chi connectivity index (χ4v) is 3.17. The lowest BCUT2D eigenvalue weighted by atomic mass is 10.1. The third kappa shape index (κ3) is 4.76. The number of ether oxygens (including phenoxy) is 1. The number of halogens is 4. The molecule has 1 amide bonds. The van der Waals surface area contributed by atoms with Crippen molar-refractivity contribution in [1.29, 1.82) is 0 Å². The SMILES string of the molecule is CCOc1cccc(C(C)NC(=O)c2cnn(-c3cccc(Cl)c3)c2C(F)(F)F)c1. The van der Waals surface area contributed by atoms with E-state index in [2.05, 4.69) is 10.4 Å². The Kier molecular flexibility index (Phi) is 6.36. The molecule has 0 bridgehead atoms. The maximum atomic E-state index is 13.8. The van der Waals surface area contributed by atoms with E-state index in [1.165, 1.54) is 24.3 Å². The quantitative estimate of drug-likeness (QED) is 0.559. The number of carbonyl (C=O) groups excluding carboxylic acids is 1. The molecule has 0 fully saturated rings. The minimum absolute atomic E-state index is 0.103. The maximum Gasteiger partial charge on any atom is 0.434 e. The van der Waals surface area contributed by atoms with Gasteiger partial charge in [0.25, 0.3) is 5.91 Å². The molecule has 1 aromatic heterocycles. The van der Waals surface area contributed by atoms with Crippen LogP contribution in [0.4, 0.5) is 13.2 Å². The zero-order valence-corrected chi connectivity index (χ0v) is 17.0. The van der Waals surface area contributed by atoms with Crippen LogP contribution in [0.5, 0.6) is 5.75 Å². The van der Waals surface area contributed by atoms with Crippen LogP contribution >= 0.6 is 11.6 Å². The summed E-state index contributed by atoms with van der Waals surface area (Å²) >= 11 is 5.89. The number of hydrogen-bond acceptors (Lipinski definition) is 3. The molecule has 0 radical (unpaired) electrons. The van der Waals surface area contributed by atoms with Crippen molar-refractivity contribution in [2.24, 2.45) is 0 Å². The normalized spacial score (nSPS) is 12.5. The summed E-state index contributed by atoms with van der Waals surface area (Å²) in [6, 6.07) is 12.3. The Labute approximate surface area is 176 Å². The van der Waals surface area contributed by atoms with Crippen molar-refractivity contribution in [3.8, 4) is 11.4 Å². The van der Waals surface area contributed by atoms with Crippen LogP contribution in [0, 0.1) is 0 Å². The number of alkyl halides is 3. The van der Waals surface area contributed by atoms with Gasteiger partial charge in [-0.2, -0.15) is 18.3 Å². The van der Waals surface area contributed by atoms with Gasteiger partial charge in [0.2, 0.25) is 0 Å². The summed E-state index contributed by atoms with van der Waals surface area (Å²) in [6.07, 6.45) is -3.90. The predicted molar refractivity (Wildman–Crippen MR) is 107 cm³/mol. The van der Waals surface area contributed by atoms with Gasteiger partial charge in [0.05, 0.1) is 30.1 Å². The molecule has 1 N–H and O–H groups in total. The highest BCUT2D eigenvalue weighted by Crippen LogP contribution is 2.34. The Morgan fingerprint density at radius 1 is 1.23 bits per heavy atom. The van der Waals surface area contributed by atoms with Gasteiger partial charge >= 0.3 is 6.18 Å². The van der Waals surface area contributed by atoms with E-state index in [1.54, 1.807) is 31.2 Å². The van der Waals surface area contributed by atoms with Crippen molar-refractivity contribution in [3.63, 3.8) is 0 Å². The zero-order valence-electron chi connectivity index (χ0n) is 16.2. The number of carbonyl (C=O) groups is 1. The van der Waals surface area contributed by atoms with Gasteiger partial charge in [-0.1, -0.05) is 29.8 Å². The summed E-state index contributed by atoms with van der Waals surface area (Å²) in [7, 11) is 0. The average Bonchev–Trinajstić information content (AvgIpc) is 3.14. The monoisotopic (exact) mass is 437 g/mol. The zero-order chi connectivity index (χ0) is 21.9. The van der Waals surface area contributed by atoms with Crippen LogP contribution in [-0.4, -0.2) is 22.3 Å². The molecule has 158 valence electrons. The second-order valence-electron chi connectivity index (χ2n) is 6.50. The van der Waals surface area contributed by atoms with E-state index in [1.807, 2.05) is 6.92 Å². The van der Waals surface area contributed by atoms with E-state index in [0.717, 1.165) is 6.20 Å². The van der Waals surface area contributed by atoms with Crippen molar-refractivity contribution in [2.45, 2.75) is 26.1 Å². The molecule has 3 aromatic rings. The van der Waals surface area contributed by atoms with Gasteiger partial charge < -0.3 is 10.1 Å². The number of aromatic nitrogens is 2. The van der Waals surface area contributed by atoms with Crippen LogP contribution in [0.15, 0.2) is 54.7 Å². The van der Waals surface area contributed by atoms with E-state index in [4.69, 9.17) is 16.3 Å². The van der Waals surface area contributed by atoms with Crippen molar-refractivity contribution < 1.29 is 22.7 Å². The van der Waals surface area contributed by atoms with Gasteiger partial charge in [0.1, 0.15) is 5.75 Å². The lowest BCUT2D eigenvalue weighted by Gasteiger charge is -2.17. The van der Waals surface area contributed by atoms with E-state index in [9.17, 15) is 18.0 Å². The molecule has 9 heteroatoms. The number of rotatable bonds is 6. The lowest BCUT2D eigenvalue weighted by molar-refractivity contribution is -0.143. The third-order valence-electron chi connectivity index (χ3n) is 4.35. The molecule has 1 heterocycles. The number of hydrogen-bond donors (Lipinski definition) is 1. The molecule has 0 saturated carbocycles. The molecule has 1 atom stereocenters. The van der Waals surface area contributed by atoms with E-state index in [-0.39, 0.29) is 10.7 Å². The average molecular weight is 438 g/mol. The topological polar surface area (TPSA) is 56.1 Å². The van der Waals surface area contributed by atoms with E-state index < -0.39 is 29.4 Å². The molecule has 3 rings (SSSR count). The van der Waals surface area contributed by atoms with Crippen LogP contribution in [-0.2, 0) is 6.18 Å². The highest BCUT2D eigenvalue weighted by molar-refractivity contribution is 6.30. The third-order valence-corrected chi connectivity index (χ3v) is 4.59. The summed E-state index contributed by atoms with van der Waals surface area (Å²) in [6.45, 7) is 3.99. The largest absolute Gasteiger partial charge is 0.494 e. The van der Waals surface area contributed by atoms with Crippen molar-refractivity contribution >= 4 is 17.5 Å². The first kappa shape index (κ1) is 21.7. The van der Waals surface area contributed by atoms with Gasteiger partial charge in [0, 0.05) is 5.02 Å². The first-order valence-corrected chi connectivity index (χ1v) is 9.53. The molecule has 0 aliphatic rings. The van der Waals surface area contributed by atoms with Crippen molar-refractivity contribution in [1.82, 2.24) is 15.1 Å². The van der Waals surface area contributed by atoms with Crippen LogP contribution in [0.1, 0.15) is 41.5 Å². The molecule has 5 nitrogen and oxygen atoms in total. The summed E-state index contributed by atoms with van der Waals surface area (Å²) in [5.41, 5.74) is -0.941. The molecule has 1 unspecified atom stereocenters. The second kappa shape index (κ2) is 8.79. The summed E-state index contributed by atoms with van der Waals surface area (Å²) in [4.78, 5) is 12.7. The maximum absolute atomic E-state index is 13.8. The van der Waals surface area contributed by atoms with Crippen molar-refractivity contribution in [3.05, 3.63) is 76.6 Å². The Hall–Kier alpha value is -3.00. The highest BCUT2D eigenvalue weighted by atomic mass is 35.5. The van der Waals surface area contributed by atoms with Gasteiger partial charge in [-0.05, 0) is 49.7 Å². The molecule has 0 spiro atoms. The number of benzene rings is 2. The molecule has 30 heavy (non-hydrogen) atoms. The standard InChI is InChI=1S/C21H19ClF3N3O2/c1-3-30-17-9-4-6-14(10-17)13(2)27-20(29)18-12-26-28(19(18)21(23,24)25)16-8-5-7-15(22)11-16/h4-13H,3H2,1-2H3,(H,27,29). The minimum Gasteiger partial charge on any atom is -0.494 e. The van der Waals surface area contributed by atoms with Crippen LogP contribution in [0.2, 0.25) is 5.02 Å². The summed E-state index contributed by atoms with van der Waals surface area (Å²) < 4.78 is 47.5. The molecular formula is C21H19ClF3N3O2. The van der Waals surface area contributed by atoms with Crippen LogP contribution in [0.25, 0.3) is 5.69 Å². The first-order chi connectivity index (χ1) is 14.2. The number of nitrogens with one attached hydrogen (secondary N) is 1. The van der Waals surface area contributed by atoms with Crippen LogP contribution in [0.3, 0.4) is 0 Å². The van der Waals surface area contributed by atoms with Gasteiger partial charge in [-0.3, -0.25) is 4.79 Å². The molecule has 0 saturated heterocycles. The molecule has 0 aliphatic carbocycles. The van der Waals surface area contributed by atoms with Gasteiger partial charge in [-0.25, -0.2) is 4.68 Å². The Balaban J connectivity index is 1.92. The van der Waals surface area contributed by atoms with E-state index in [0.29, 0.717) is 22.6 Å². The molecule has 0 aliphatic heterocycles. The number of amides is 1. The lowest BCUT2D eigenvalue weighted by Crippen LogP contribution is -2.29. The number of nitrogens with zero attached hydrogens (tertiary/aromatic N) is 2. The molecular weight excluding hydrogens is 419 g/mol. The van der Waals surface area contributed by atoms with Gasteiger partial charge in [-0.15, -0.1) is 0 Å². The molecule has 2 aromatic carbocycles. The van der Waals surface area contributed by atoms with Gasteiger partial charge in [0.15, 0.2) is 5.69 Å². The summed E-state index contributed by atoms with van der Waals surface area (Å²) in [5, 5.41) is 6.64. The predicted octanol–water partition coefficient (Wildman–Crippen LogP) is 5.43. The summed E-state index contributed by atoms with van der Waals surface area (Å²) in [5.74, 6) is -0.272. The first-order valence-electron chi connectivity index (χ1n) is 9.15. The smallest absolute Gasteiger partial charge is 0.434 e. The Morgan fingerprint density at radius 2 is 1.97 bits per heavy atom. The Bertz CT molecular complexity index is 1050. The minimum atomic E-state index is -4.80. The van der Waals surface area contributed by atoms with Crippen molar-refractivity contribution in [2.75, 3.05) is 6.61 Å². The van der Waals surface area contributed by atoms with Crippen LogP contribution < -0.4 is 10.1 Å². The second-order valence-corrected chi connectivity index (χ2v) is 6.93.